The normalized spacial score (nSPS) is 10.1. The van der Waals surface area contributed by atoms with Gasteiger partial charge in [-0.2, -0.15) is 0 Å². The largest absolute Gasteiger partial charge is 0.259 e. The zero-order valence-electron chi connectivity index (χ0n) is 7.96. The molecular weight excluding hydrogens is 190 g/mol. The topological polar surface area (TPSA) is 43.1 Å². The van der Waals surface area contributed by atoms with Gasteiger partial charge in [0.25, 0.3) is 0 Å². The van der Waals surface area contributed by atoms with E-state index in [0.29, 0.717) is 0 Å². The van der Waals surface area contributed by atoms with E-state index in [9.17, 15) is 10.1 Å². The van der Waals surface area contributed by atoms with E-state index in [1.807, 2.05) is 36.4 Å². The minimum Gasteiger partial charge on any atom is -0.259 e. The number of allylic oxidation sites excluding steroid dienone is 2. The summed E-state index contributed by atoms with van der Waals surface area (Å²) in [5, 5.41) is 9.89. The Bertz CT molecular complexity index is 436. The molecule has 0 aromatic heterocycles. The molecule has 0 amide bonds. The van der Waals surface area contributed by atoms with Crippen LogP contribution in [-0.4, -0.2) is 4.92 Å². The van der Waals surface area contributed by atoms with Crippen molar-refractivity contribution >= 4 is 6.08 Å². The first-order valence-corrected chi connectivity index (χ1v) is 4.32. The van der Waals surface area contributed by atoms with Crippen LogP contribution < -0.4 is 0 Å². The number of nitro groups is 1. The Labute approximate surface area is 87.9 Å². The highest BCUT2D eigenvalue weighted by Gasteiger charge is 1.80. The van der Waals surface area contributed by atoms with Gasteiger partial charge < -0.3 is 0 Å². The Hall–Kier alpha value is -2.34. The van der Waals surface area contributed by atoms with Gasteiger partial charge in [0.05, 0.1) is 11.0 Å². The first-order chi connectivity index (χ1) is 7.29. The molecule has 0 aliphatic heterocycles. The maximum absolute atomic E-state index is 9.89. The zero-order chi connectivity index (χ0) is 10.9. The van der Waals surface area contributed by atoms with Crippen molar-refractivity contribution < 1.29 is 4.92 Å². The van der Waals surface area contributed by atoms with Gasteiger partial charge in [-0.25, -0.2) is 0 Å². The van der Waals surface area contributed by atoms with Crippen LogP contribution in [0.25, 0.3) is 6.08 Å². The van der Waals surface area contributed by atoms with Gasteiger partial charge in [0, 0.05) is 0 Å². The standard InChI is InChI=1S/C12H9NO2/c14-13(15)11-7-2-1-4-8-12-9-5-3-6-10-12/h3-11H/b8-4+,11-7+. The number of hydrogen-bond donors (Lipinski definition) is 0. The summed E-state index contributed by atoms with van der Waals surface area (Å²) < 4.78 is 0. The minimum atomic E-state index is -0.546. The fraction of sp³-hybridized carbons (Fsp3) is 0. The van der Waals surface area contributed by atoms with Crippen LogP contribution >= 0.6 is 0 Å². The lowest BCUT2D eigenvalue weighted by Crippen LogP contribution is -1.80. The van der Waals surface area contributed by atoms with E-state index >= 15 is 0 Å². The van der Waals surface area contributed by atoms with Crippen LogP contribution in [-0.2, 0) is 0 Å². The third kappa shape index (κ3) is 5.06. The summed E-state index contributed by atoms with van der Waals surface area (Å²) >= 11 is 0. The van der Waals surface area contributed by atoms with Gasteiger partial charge in [-0.3, -0.25) is 10.1 Å². The molecule has 0 saturated carbocycles. The lowest BCUT2D eigenvalue weighted by atomic mass is 10.2. The molecule has 1 aromatic carbocycles. The Kier molecular flexibility index (Phi) is 4.41. The monoisotopic (exact) mass is 199 g/mol. The number of nitrogens with zero attached hydrogens (tertiary/aromatic N) is 1. The van der Waals surface area contributed by atoms with Crippen LogP contribution in [0.2, 0.25) is 0 Å². The predicted octanol–water partition coefficient (Wildman–Crippen LogP) is 2.49. The molecule has 0 saturated heterocycles. The smallest absolute Gasteiger partial charge is 0.242 e. The summed E-state index contributed by atoms with van der Waals surface area (Å²) in [6.07, 6.45) is 5.51. The molecule has 3 nitrogen and oxygen atoms in total. The molecule has 0 atom stereocenters. The van der Waals surface area contributed by atoms with Gasteiger partial charge >= 0.3 is 0 Å². The molecule has 0 radical (unpaired) electrons. The molecule has 0 spiro atoms. The SMILES string of the molecule is O=[N+]([O-])/C=C/C#C/C=C/c1ccccc1. The third-order valence-electron chi connectivity index (χ3n) is 1.52. The Morgan fingerprint density at radius 1 is 1.13 bits per heavy atom. The highest BCUT2D eigenvalue weighted by molar-refractivity contribution is 5.52. The summed E-state index contributed by atoms with van der Waals surface area (Å²) in [4.78, 5) is 9.34. The van der Waals surface area contributed by atoms with E-state index < -0.39 is 4.92 Å². The number of benzene rings is 1. The van der Waals surface area contributed by atoms with Crippen LogP contribution in [0.4, 0.5) is 0 Å². The van der Waals surface area contributed by atoms with Crippen molar-refractivity contribution in [2.75, 3.05) is 0 Å². The van der Waals surface area contributed by atoms with E-state index in [2.05, 4.69) is 11.8 Å². The van der Waals surface area contributed by atoms with Gasteiger partial charge in [-0.1, -0.05) is 42.2 Å². The maximum atomic E-state index is 9.89. The van der Waals surface area contributed by atoms with Crippen molar-refractivity contribution in [3.63, 3.8) is 0 Å². The second-order valence-electron chi connectivity index (χ2n) is 2.63. The average molecular weight is 199 g/mol. The fourth-order valence-electron chi connectivity index (χ4n) is 0.896. The molecular formula is C12H9NO2. The second kappa shape index (κ2) is 6.17. The molecule has 0 bridgehead atoms. The van der Waals surface area contributed by atoms with Gasteiger partial charge in [-0.05, 0) is 17.7 Å². The lowest BCUT2D eigenvalue weighted by molar-refractivity contribution is -0.402. The van der Waals surface area contributed by atoms with E-state index in [1.165, 1.54) is 6.08 Å². The molecule has 0 heterocycles. The van der Waals surface area contributed by atoms with Crippen molar-refractivity contribution in [1.82, 2.24) is 0 Å². The van der Waals surface area contributed by atoms with E-state index in [-0.39, 0.29) is 0 Å². The van der Waals surface area contributed by atoms with Crippen molar-refractivity contribution in [1.29, 1.82) is 0 Å². The van der Waals surface area contributed by atoms with Gasteiger partial charge in [0.1, 0.15) is 0 Å². The fourth-order valence-corrected chi connectivity index (χ4v) is 0.896. The maximum Gasteiger partial charge on any atom is 0.242 e. The summed E-state index contributed by atoms with van der Waals surface area (Å²) in [6.45, 7) is 0. The summed E-state index contributed by atoms with van der Waals surface area (Å²) in [5.74, 6) is 5.20. The molecule has 0 fully saturated rings. The summed E-state index contributed by atoms with van der Waals surface area (Å²) in [5.41, 5.74) is 1.05. The highest BCUT2D eigenvalue weighted by atomic mass is 16.6. The molecule has 3 heteroatoms. The molecule has 0 N–H and O–H groups in total. The first kappa shape index (κ1) is 10.7. The van der Waals surface area contributed by atoms with Crippen LogP contribution in [0.1, 0.15) is 5.56 Å². The highest BCUT2D eigenvalue weighted by Crippen LogP contribution is 1.99. The van der Waals surface area contributed by atoms with Crippen LogP contribution in [0, 0.1) is 22.0 Å². The minimum absolute atomic E-state index is 0.546. The molecule has 0 unspecified atom stereocenters. The second-order valence-corrected chi connectivity index (χ2v) is 2.63. The lowest BCUT2D eigenvalue weighted by Gasteiger charge is -1.86. The molecule has 15 heavy (non-hydrogen) atoms. The average Bonchev–Trinajstić information content (AvgIpc) is 2.24. The quantitative estimate of drug-likeness (QED) is 0.417. The summed E-state index contributed by atoms with van der Waals surface area (Å²) in [6, 6.07) is 9.69. The van der Waals surface area contributed by atoms with Gasteiger partial charge in [0.2, 0.25) is 6.20 Å². The van der Waals surface area contributed by atoms with E-state index in [1.54, 1.807) is 6.08 Å². The Balaban J connectivity index is 2.50. The van der Waals surface area contributed by atoms with Crippen molar-refractivity contribution in [2.45, 2.75) is 0 Å². The third-order valence-corrected chi connectivity index (χ3v) is 1.52. The van der Waals surface area contributed by atoms with Crippen molar-refractivity contribution in [3.05, 3.63) is 64.4 Å². The molecule has 74 valence electrons. The number of hydrogen-bond acceptors (Lipinski definition) is 2. The van der Waals surface area contributed by atoms with Crippen LogP contribution in [0.5, 0.6) is 0 Å². The molecule has 0 aliphatic carbocycles. The zero-order valence-corrected chi connectivity index (χ0v) is 7.96. The van der Waals surface area contributed by atoms with E-state index in [4.69, 9.17) is 0 Å². The predicted molar refractivity (Wildman–Crippen MR) is 59.4 cm³/mol. The first-order valence-electron chi connectivity index (χ1n) is 4.32. The Morgan fingerprint density at radius 3 is 2.47 bits per heavy atom. The van der Waals surface area contributed by atoms with Crippen molar-refractivity contribution in [3.8, 4) is 11.8 Å². The number of rotatable bonds is 2. The van der Waals surface area contributed by atoms with Gasteiger partial charge in [-0.15, -0.1) is 0 Å². The van der Waals surface area contributed by atoms with Crippen LogP contribution in [0.3, 0.4) is 0 Å². The van der Waals surface area contributed by atoms with Crippen LogP contribution in [0.15, 0.2) is 48.7 Å². The molecule has 1 rings (SSSR count). The molecule has 0 aliphatic rings. The Morgan fingerprint density at radius 2 is 1.80 bits per heavy atom. The van der Waals surface area contributed by atoms with Gasteiger partial charge in [0.15, 0.2) is 0 Å². The van der Waals surface area contributed by atoms with Crippen molar-refractivity contribution in [2.24, 2.45) is 0 Å². The summed E-state index contributed by atoms with van der Waals surface area (Å²) in [7, 11) is 0. The molecule has 1 aromatic rings. The van der Waals surface area contributed by atoms with E-state index in [0.717, 1.165) is 11.8 Å².